The molecular formula is C26H33O3P. The summed E-state index contributed by atoms with van der Waals surface area (Å²) in [6.45, 7) is 13.1. The van der Waals surface area contributed by atoms with Crippen molar-refractivity contribution in [3.8, 4) is 23.0 Å². The highest BCUT2D eigenvalue weighted by atomic mass is 31.1. The second-order valence-corrected chi connectivity index (χ2v) is 11.3. The van der Waals surface area contributed by atoms with Crippen LogP contribution in [0.15, 0.2) is 78.9 Å². The van der Waals surface area contributed by atoms with Crippen molar-refractivity contribution in [1.82, 2.24) is 0 Å². The van der Waals surface area contributed by atoms with Gasteiger partial charge in [0.05, 0.1) is 0 Å². The quantitative estimate of drug-likeness (QED) is 0.426. The van der Waals surface area contributed by atoms with E-state index in [9.17, 15) is 5.11 Å². The zero-order valence-corrected chi connectivity index (χ0v) is 19.7. The van der Waals surface area contributed by atoms with Gasteiger partial charge in [-0.05, 0) is 54.4 Å². The maximum Gasteiger partial charge on any atom is 0.127 e. The maximum absolute atomic E-state index is 9.33. The summed E-state index contributed by atoms with van der Waals surface area (Å²) in [4.78, 5) is 0. The van der Waals surface area contributed by atoms with Crippen molar-refractivity contribution in [1.29, 1.82) is 0 Å². The number of aromatic hydroxyl groups is 1. The molecule has 1 atom stereocenters. The van der Waals surface area contributed by atoms with Crippen LogP contribution in [-0.2, 0) is 0 Å². The number of rotatable bonds is 5. The van der Waals surface area contributed by atoms with Gasteiger partial charge in [-0.3, -0.25) is 0 Å². The van der Waals surface area contributed by atoms with E-state index in [-0.39, 0.29) is 10.9 Å². The molecule has 0 spiro atoms. The Hall–Kier alpha value is -2.51. The van der Waals surface area contributed by atoms with E-state index >= 15 is 0 Å². The molecule has 30 heavy (non-hydrogen) atoms. The zero-order chi connectivity index (χ0) is 22.1. The van der Waals surface area contributed by atoms with Crippen LogP contribution in [0.5, 0.6) is 23.0 Å². The Balaban J connectivity index is 0.000000735. The number of phenolic OH excluding ortho intramolecular Hbond substituents is 1. The lowest BCUT2D eigenvalue weighted by Gasteiger charge is -2.30. The molecule has 0 aliphatic rings. The Labute approximate surface area is 182 Å². The van der Waals surface area contributed by atoms with Gasteiger partial charge in [0.15, 0.2) is 0 Å². The van der Waals surface area contributed by atoms with Crippen molar-refractivity contribution < 1.29 is 14.4 Å². The third-order valence-electron chi connectivity index (χ3n) is 3.69. The summed E-state index contributed by atoms with van der Waals surface area (Å²) in [6, 6.07) is 24.7. The third-order valence-corrected chi connectivity index (χ3v) is 6.07. The first-order chi connectivity index (χ1) is 14.1. The first-order valence-electron chi connectivity index (χ1n) is 10.3. The van der Waals surface area contributed by atoms with Crippen LogP contribution >= 0.6 is 8.15 Å². The molecule has 0 saturated carbocycles. The number of hydrogen-bond donors (Lipinski definition) is 1. The molecule has 3 aromatic carbocycles. The molecule has 0 heterocycles. The minimum absolute atomic E-state index is 0.0257. The average Bonchev–Trinajstić information content (AvgIpc) is 2.68. The summed E-state index contributed by atoms with van der Waals surface area (Å²) < 4.78 is 12.1. The fraction of sp³-hybridized carbons (Fsp3) is 0.308. The van der Waals surface area contributed by atoms with Crippen molar-refractivity contribution >= 4 is 13.5 Å². The lowest BCUT2D eigenvalue weighted by Crippen LogP contribution is -2.22. The highest BCUT2D eigenvalue weighted by Gasteiger charge is 2.29. The second kappa shape index (κ2) is 11.0. The van der Waals surface area contributed by atoms with Crippen molar-refractivity contribution in [2.75, 3.05) is 0 Å². The van der Waals surface area contributed by atoms with Crippen LogP contribution < -0.4 is 14.6 Å². The van der Waals surface area contributed by atoms with E-state index in [0.29, 0.717) is 5.75 Å². The molecule has 0 fully saturated rings. The molecule has 0 aliphatic heterocycles. The van der Waals surface area contributed by atoms with E-state index in [1.54, 1.807) is 24.3 Å². The van der Waals surface area contributed by atoms with E-state index in [1.807, 2.05) is 42.5 Å². The first-order valence-corrected chi connectivity index (χ1v) is 11.5. The molecular weight excluding hydrogens is 391 g/mol. The molecule has 1 N–H and O–H groups in total. The highest BCUT2D eigenvalue weighted by molar-refractivity contribution is 7.62. The standard InChI is InChI=1S/C22H23O3P.C4H10/c1-22(2,3)26(21-7-5-4-6-8-21)25-20-15-13-19(14-16-20)24-18-11-9-17(23)10-12-18;1-4(2)3/h4-16,23H,1-3H3;4H,1-3H3. The normalized spacial score (nSPS) is 12.0. The summed E-state index contributed by atoms with van der Waals surface area (Å²) in [5.74, 6) is 3.28. The van der Waals surface area contributed by atoms with Gasteiger partial charge in [-0.2, -0.15) is 0 Å². The summed E-state index contributed by atoms with van der Waals surface area (Å²) >= 11 is 0. The van der Waals surface area contributed by atoms with Gasteiger partial charge in [0, 0.05) is 10.5 Å². The van der Waals surface area contributed by atoms with Gasteiger partial charge < -0.3 is 14.4 Å². The molecule has 160 valence electrons. The molecule has 0 radical (unpaired) electrons. The summed E-state index contributed by atoms with van der Waals surface area (Å²) in [7, 11) is -0.803. The number of phenols is 1. The number of hydrogen-bond acceptors (Lipinski definition) is 3. The Morgan fingerprint density at radius 1 is 0.700 bits per heavy atom. The Morgan fingerprint density at radius 3 is 1.60 bits per heavy atom. The average molecular weight is 425 g/mol. The minimum atomic E-state index is -0.803. The lowest BCUT2D eigenvalue weighted by atomic mass is 10.3. The second-order valence-electron chi connectivity index (χ2n) is 8.69. The van der Waals surface area contributed by atoms with Crippen LogP contribution in [0.3, 0.4) is 0 Å². The number of benzene rings is 3. The number of ether oxygens (including phenoxy) is 1. The van der Waals surface area contributed by atoms with Crippen LogP contribution in [0.2, 0.25) is 0 Å². The monoisotopic (exact) mass is 424 g/mol. The summed E-state index contributed by atoms with van der Waals surface area (Å²) in [5, 5.41) is 10.6. The van der Waals surface area contributed by atoms with Crippen LogP contribution in [0.4, 0.5) is 0 Å². The van der Waals surface area contributed by atoms with Crippen LogP contribution in [-0.4, -0.2) is 10.3 Å². The Bertz CT molecular complexity index is 864. The molecule has 0 amide bonds. The Kier molecular flexibility index (Phi) is 8.74. The van der Waals surface area contributed by atoms with E-state index in [2.05, 4.69) is 53.7 Å². The summed E-state index contributed by atoms with van der Waals surface area (Å²) in [5.41, 5.74) is 0. The van der Waals surface area contributed by atoms with Crippen LogP contribution in [0, 0.1) is 5.92 Å². The van der Waals surface area contributed by atoms with Gasteiger partial charge in [0.2, 0.25) is 0 Å². The van der Waals surface area contributed by atoms with Crippen LogP contribution in [0.25, 0.3) is 0 Å². The fourth-order valence-electron chi connectivity index (χ4n) is 2.46. The maximum atomic E-state index is 9.33. The molecule has 3 rings (SSSR count). The topological polar surface area (TPSA) is 38.7 Å². The fourth-order valence-corrected chi connectivity index (χ4v) is 4.39. The third kappa shape index (κ3) is 8.08. The van der Waals surface area contributed by atoms with Crippen LogP contribution in [0.1, 0.15) is 41.5 Å². The van der Waals surface area contributed by atoms with E-state index in [4.69, 9.17) is 9.26 Å². The first kappa shape index (κ1) is 23.8. The molecule has 1 unspecified atom stereocenters. The predicted octanol–water partition coefficient (Wildman–Crippen LogP) is 7.75. The smallest absolute Gasteiger partial charge is 0.127 e. The molecule has 4 heteroatoms. The largest absolute Gasteiger partial charge is 0.508 e. The van der Waals surface area contributed by atoms with Crippen molar-refractivity contribution in [3.05, 3.63) is 78.9 Å². The predicted molar refractivity (Wildman–Crippen MR) is 129 cm³/mol. The van der Waals surface area contributed by atoms with E-state index in [1.165, 1.54) is 5.30 Å². The SMILES string of the molecule is CC(C)(C)P(Oc1ccc(Oc2ccc(O)cc2)cc1)c1ccccc1.CC(C)C. The molecule has 3 aromatic rings. The van der Waals surface area contributed by atoms with Gasteiger partial charge in [-0.15, -0.1) is 0 Å². The molecule has 3 nitrogen and oxygen atoms in total. The van der Waals surface area contributed by atoms with E-state index < -0.39 is 8.15 Å². The van der Waals surface area contributed by atoms with Gasteiger partial charge in [-0.1, -0.05) is 71.9 Å². The van der Waals surface area contributed by atoms with Crippen molar-refractivity contribution in [2.24, 2.45) is 5.92 Å². The molecule has 0 aromatic heterocycles. The van der Waals surface area contributed by atoms with E-state index in [0.717, 1.165) is 17.4 Å². The highest BCUT2D eigenvalue weighted by Crippen LogP contribution is 2.49. The zero-order valence-electron chi connectivity index (χ0n) is 18.8. The van der Waals surface area contributed by atoms with Crippen molar-refractivity contribution in [2.45, 2.75) is 46.7 Å². The van der Waals surface area contributed by atoms with Gasteiger partial charge >= 0.3 is 0 Å². The van der Waals surface area contributed by atoms with Crippen molar-refractivity contribution in [3.63, 3.8) is 0 Å². The minimum Gasteiger partial charge on any atom is -0.508 e. The van der Waals surface area contributed by atoms with Gasteiger partial charge in [-0.25, -0.2) is 0 Å². The lowest BCUT2D eigenvalue weighted by molar-refractivity contribution is 0.464. The molecule has 0 saturated heterocycles. The molecule has 0 aliphatic carbocycles. The van der Waals surface area contributed by atoms with Gasteiger partial charge in [0.25, 0.3) is 0 Å². The molecule has 0 bridgehead atoms. The Morgan fingerprint density at radius 2 is 1.13 bits per heavy atom. The summed E-state index contributed by atoms with van der Waals surface area (Å²) in [6.07, 6.45) is 0. The van der Waals surface area contributed by atoms with Gasteiger partial charge in [0.1, 0.15) is 31.1 Å².